The number of carbonyl (C=O) groups excluding carboxylic acids is 1. The third-order valence-electron chi connectivity index (χ3n) is 3.90. The van der Waals surface area contributed by atoms with Crippen molar-refractivity contribution in [3.05, 3.63) is 0 Å². The third kappa shape index (κ3) is 3.78. The fourth-order valence-electron chi connectivity index (χ4n) is 3.19. The average Bonchev–Trinajstić information content (AvgIpc) is 2.57. The van der Waals surface area contributed by atoms with Crippen molar-refractivity contribution in [1.29, 1.82) is 0 Å². The van der Waals surface area contributed by atoms with E-state index < -0.39 is 37.4 Å². The van der Waals surface area contributed by atoms with Gasteiger partial charge in [-0.2, -0.15) is 13.2 Å². The molecule has 0 radical (unpaired) electrons. The summed E-state index contributed by atoms with van der Waals surface area (Å²) >= 11 is 0. The fraction of sp³-hybridized carbons (Fsp3) is 0.833. The minimum absolute atomic E-state index is 0.309. The average molecular weight is 310 g/mol. The summed E-state index contributed by atoms with van der Waals surface area (Å²) in [6.45, 7) is -2.58. The van der Waals surface area contributed by atoms with Gasteiger partial charge >= 0.3 is 18.2 Å². The molecule has 2 rings (SSSR count). The molecule has 0 aromatic rings. The van der Waals surface area contributed by atoms with E-state index in [1.54, 1.807) is 0 Å². The Hall–Kier alpha value is -1.51. The SMILES string of the molecule is O=C(O)CN(CC(F)(F)F)C(=O)N1C2CCC1CC(O)C2. The predicted molar refractivity (Wildman–Crippen MR) is 64.5 cm³/mol. The van der Waals surface area contributed by atoms with Gasteiger partial charge in [-0.3, -0.25) is 4.79 Å². The van der Waals surface area contributed by atoms with Gasteiger partial charge in [0.25, 0.3) is 0 Å². The lowest BCUT2D eigenvalue weighted by Crippen LogP contribution is -2.55. The highest BCUT2D eigenvalue weighted by atomic mass is 19.4. The first-order valence-electron chi connectivity index (χ1n) is 6.71. The van der Waals surface area contributed by atoms with Crippen molar-refractivity contribution in [2.24, 2.45) is 0 Å². The standard InChI is InChI=1S/C12H17F3N2O4/c13-12(14,15)6-16(5-10(19)20)11(21)17-7-1-2-8(17)4-9(18)3-7/h7-9,18H,1-6H2,(H,19,20). The maximum absolute atomic E-state index is 12.5. The van der Waals surface area contributed by atoms with Gasteiger partial charge in [-0.05, 0) is 25.7 Å². The second kappa shape index (κ2) is 5.70. The molecule has 2 amide bonds. The van der Waals surface area contributed by atoms with Gasteiger partial charge in [-0.1, -0.05) is 0 Å². The Morgan fingerprint density at radius 3 is 2.14 bits per heavy atom. The van der Waals surface area contributed by atoms with Crippen molar-refractivity contribution < 1.29 is 33.0 Å². The molecule has 0 spiro atoms. The maximum Gasteiger partial charge on any atom is 0.406 e. The molecule has 2 fully saturated rings. The number of nitrogens with zero attached hydrogens (tertiary/aromatic N) is 2. The first kappa shape index (κ1) is 15.9. The van der Waals surface area contributed by atoms with Crippen LogP contribution in [0.25, 0.3) is 0 Å². The molecule has 2 bridgehead atoms. The zero-order chi connectivity index (χ0) is 15.8. The van der Waals surface area contributed by atoms with E-state index in [1.165, 1.54) is 4.90 Å². The van der Waals surface area contributed by atoms with Crippen molar-refractivity contribution in [1.82, 2.24) is 9.80 Å². The van der Waals surface area contributed by atoms with Gasteiger partial charge in [-0.15, -0.1) is 0 Å². The van der Waals surface area contributed by atoms with Gasteiger partial charge in [0.2, 0.25) is 0 Å². The van der Waals surface area contributed by atoms with E-state index in [9.17, 15) is 27.9 Å². The van der Waals surface area contributed by atoms with Crippen LogP contribution >= 0.6 is 0 Å². The van der Waals surface area contributed by atoms with Gasteiger partial charge < -0.3 is 20.0 Å². The van der Waals surface area contributed by atoms with Crippen molar-refractivity contribution in [3.8, 4) is 0 Å². The number of carboxylic acid groups (broad SMARTS) is 1. The summed E-state index contributed by atoms with van der Waals surface area (Å²) in [4.78, 5) is 24.6. The number of hydrogen-bond acceptors (Lipinski definition) is 3. The number of carbonyl (C=O) groups is 2. The smallest absolute Gasteiger partial charge is 0.406 e. The van der Waals surface area contributed by atoms with Crippen molar-refractivity contribution in [2.75, 3.05) is 13.1 Å². The number of hydrogen-bond donors (Lipinski definition) is 2. The lowest BCUT2D eigenvalue weighted by molar-refractivity contribution is -0.150. The number of urea groups is 1. The highest BCUT2D eigenvalue weighted by Crippen LogP contribution is 2.36. The van der Waals surface area contributed by atoms with Gasteiger partial charge in [0.1, 0.15) is 13.1 Å². The van der Waals surface area contributed by atoms with Crippen LogP contribution in [0.1, 0.15) is 25.7 Å². The van der Waals surface area contributed by atoms with E-state index in [4.69, 9.17) is 5.11 Å². The van der Waals surface area contributed by atoms with Crippen LogP contribution in [0.4, 0.5) is 18.0 Å². The first-order valence-corrected chi connectivity index (χ1v) is 6.71. The number of aliphatic hydroxyl groups is 1. The number of rotatable bonds is 3. The van der Waals surface area contributed by atoms with Gasteiger partial charge in [0.15, 0.2) is 0 Å². The topological polar surface area (TPSA) is 81.1 Å². The molecule has 2 N–H and O–H groups in total. The molecule has 2 atom stereocenters. The molecule has 21 heavy (non-hydrogen) atoms. The predicted octanol–water partition coefficient (Wildman–Crippen LogP) is 1.04. The van der Waals surface area contributed by atoms with E-state index in [0.717, 1.165) is 0 Å². The lowest BCUT2D eigenvalue weighted by atomic mass is 10.0. The molecule has 9 heteroatoms. The van der Waals surface area contributed by atoms with Gasteiger partial charge in [0.05, 0.1) is 6.10 Å². The molecule has 0 aliphatic carbocycles. The van der Waals surface area contributed by atoms with Crippen LogP contribution in [0.15, 0.2) is 0 Å². The lowest BCUT2D eigenvalue weighted by Gasteiger charge is -2.40. The second-order valence-electron chi connectivity index (χ2n) is 5.57. The molecule has 0 aromatic heterocycles. The molecule has 2 aliphatic heterocycles. The van der Waals surface area contributed by atoms with Gasteiger partial charge in [0, 0.05) is 12.1 Å². The number of carboxylic acids is 1. The van der Waals surface area contributed by atoms with E-state index in [0.29, 0.717) is 30.6 Å². The Balaban J connectivity index is 2.12. The number of piperidine rings is 1. The Bertz CT molecular complexity index is 415. The normalized spacial score (nSPS) is 28.6. The quantitative estimate of drug-likeness (QED) is 0.816. The maximum atomic E-state index is 12.5. The number of alkyl halides is 3. The molecule has 0 saturated carbocycles. The number of halogens is 3. The molecule has 2 unspecified atom stereocenters. The Morgan fingerprint density at radius 2 is 1.71 bits per heavy atom. The van der Waals surface area contributed by atoms with Crippen molar-refractivity contribution >= 4 is 12.0 Å². The zero-order valence-electron chi connectivity index (χ0n) is 11.2. The van der Waals surface area contributed by atoms with E-state index in [1.807, 2.05) is 0 Å². The summed E-state index contributed by atoms with van der Waals surface area (Å²) in [7, 11) is 0. The minimum atomic E-state index is -4.65. The molecule has 6 nitrogen and oxygen atoms in total. The molecule has 120 valence electrons. The summed E-state index contributed by atoms with van der Waals surface area (Å²) < 4.78 is 37.5. The van der Waals surface area contributed by atoms with E-state index >= 15 is 0 Å². The Labute approximate surface area is 119 Å². The van der Waals surface area contributed by atoms with Crippen molar-refractivity contribution in [3.63, 3.8) is 0 Å². The zero-order valence-corrected chi connectivity index (χ0v) is 11.2. The summed E-state index contributed by atoms with van der Waals surface area (Å²) in [5, 5.41) is 18.3. The molecule has 2 saturated heterocycles. The molecular formula is C12H17F3N2O4. The molecular weight excluding hydrogens is 293 g/mol. The van der Waals surface area contributed by atoms with Crippen molar-refractivity contribution in [2.45, 2.75) is 50.0 Å². The van der Waals surface area contributed by atoms with Crippen LogP contribution in [0.2, 0.25) is 0 Å². The van der Waals surface area contributed by atoms with Crippen LogP contribution in [-0.2, 0) is 4.79 Å². The van der Waals surface area contributed by atoms with Crippen LogP contribution in [0.5, 0.6) is 0 Å². The summed E-state index contributed by atoms with van der Waals surface area (Å²) in [5.74, 6) is -1.49. The van der Waals surface area contributed by atoms with E-state index in [-0.39, 0.29) is 12.1 Å². The molecule has 2 aliphatic rings. The fourth-order valence-corrected chi connectivity index (χ4v) is 3.19. The summed E-state index contributed by atoms with van der Waals surface area (Å²) in [5.41, 5.74) is 0. The van der Waals surface area contributed by atoms with E-state index in [2.05, 4.69) is 0 Å². The first-order chi connectivity index (χ1) is 9.67. The highest BCUT2D eigenvalue weighted by Gasteiger charge is 2.46. The number of aliphatic carboxylic acids is 1. The third-order valence-corrected chi connectivity index (χ3v) is 3.90. The Morgan fingerprint density at radius 1 is 1.19 bits per heavy atom. The van der Waals surface area contributed by atoms with Gasteiger partial charge in [-0.25, -0.2) is 4.79 Å². The number of aliphatic hydroxyl groups excluding tert-OH is 1. The van der Waals surface area contributed by atoms with Crippen LogP contribution < -0.4 is 0 Å². The number of fused-ring (bicyclic) bond motifs is 2. The highest BCUT2D eigenvalue weighted by molar-refractivity contribution is 5.81. The Kier molecular flexibility index (Phi) is 4.31. The summed E-state index contributed by atoms with van der Waals surface area (Å²) in [6, 6.07) is -1.53. The van der Waals surface area contributed by atoms with Crippen LogP contribution in [-0.4, -0.2) is 69.5 Å². The molecule has 0 aromatic carbocycles. The number of amides is 2. The molecule has 2 heterocycles. The summed E-state index contributed by atoms with van der Waals surface area (Å²) in [6.07, 6.45) is -3.30. The van der Waals surface area contributed by atoms with Crippen LogP contribution in [0.3, 0.4) is 0 Å². The van der Waals surface area contributed by atoms with Crippen LogP contribution in [0, 0.1) is 0 Å². The largest absolute Gasteiger partial charge is 0.480 e. The minimum Gasteiger partial charge on any atom is -0.480 e. The second-order valence-corrected chi connectivity index (χ2v) is 5.57. The monoisotopic (exact) mass is 310 g/mol.